The Morgan fingerprint density at radius 3 is 2.70 bits per heavy atom. The van der Waals surface area contributed by atoms with Crippen LogP contribution in [0.4, 0.5) is 14.5 Å². The molecule has 1 aromatic rings. The summed E-state index contributed by atoms with van der Waals surface area (Å²) in [7, 11) is 0. The van der Waals surface area contributed by atoms with Gasteiger partial charge in [0.25, 0.3) is 11.6 Å². The summed E-state index contributed by atoms with van der Waals surface area (Å²) in [6.07, 6.45) is 2.48. The summed E-state index contributed by atoms with van der Waals surface area (Å²) in [5, 5.41) is 19.5. The zero-order valence-corrected chi connectivity index (χ0v) is 10.0. The second-order valence-corrected chi connectivity index (χ2v) is 4.09. The van der Waals surface area contributed by atoms with Gasteiger partial charge in [-0.3, -0.25) is 10.1 Å². The summed E-state index contributed by atoms with van der Waals surface area (Å²) >= 11 is 0. The Hall–Kier alpha value is -2.75. The molecule has 0 bridgehead atoms. The van der Waals surface area contributed by atoms with E-state index in [4.69, 9.17) is 10.00 Å². The van der Waals surface area contributed by atoms with E-state index < -0.39 is 17.3 Å². The highest BCUT2D eigenvalue weighted by atomic mass is 19.3. The SMILES string of the molecule is N#Cc1cc(OC2=CCC(F)(F)C=C2)cc([N+](=O)[O-])c1. The number of nitro benzene ring substituents is 1. The number of non-ortho nitro benzene ring substituents is 1. The van der Waals surface area contributed by atoms with Gasteiger partial charge in [-0.05, 0) is 24.3 Å². The second kappa shape index (κ2) is 5.09. The van der Waals surface area contributed by atoms with Crippen LogP contribution in [0.2, 0.25) is 0 Å². The largest absolute Gasteiger partial charge is 0.457 e. The van der Waals surface area contributed by atoms with Gasteiger partial charge in [-0.2, -0.15) is 5.26 Å². The number of alkyl halides is 2. The van der Waals surface area contributed by atoms with E-state index in [1.54, 1.807) is 6.07 Å². The molecule has 0 fully saturated rings. The van der Waals surface area contributed by atoms with Crippen LogP contribution in [0.15, 0.2) is 42.2 Å². The maximum absolute atomic E-state index is 12.9. The highest BCUT2D eigenvalue weighted by Crippen LogP contribution is 2.29. The molecular weight excluding hydrogens is 270 g/mol. The second-order valence-electron chi connectivity index (χ2n) is 4.09. The van der Waals surface area contributed by atoms with Crippen molar-refractivity contribution in [2.75, 3.05) is 0 Å². The van der Waals surface area contributed by atoms with Gasteiger partial charge in [-0.1, -0.05) is 0 Å². The van der Waals surface area contributed by atoms with Crippen LogP contribution in [0, 0.1) is 21.4 Å². The molecule has 0 heterocycles. The Balaban J connectivity index is 2.25. The first kappa shape index (κ1) is 13.7. The minimum Gasteiger partial charge on any atom is -0.457 e. The summed E-state index contributed by atoms with van der Waals surface area (Å²) in [5.74, 6) is -2.70. The van der Waals surface area contributed by atoms with E-state index in [2.05, 4.69) is 0 Å². The highest BCUT2D eigenvalue weighted by Gasteiger charge is 2.26. The van der Waals surface area contributed by atoms with Crippen molar-refractivity contribution in [3.63, 3.8) is 0 Å². The molecule has 102 valence electrons. The van der Waals surface area contributed by atoms with Gasteiger partial charge in [-0.25, -0.2) is 8.78 Å². The first-order chi connectivity index (χ1) is 9.39. The molecule has 0 saturated heterocycles. The maximum atomic E-state index is 12.9. The quantitative estimate of drug-likeness (QED) is 0.627. The number of hydrogen-bond acceptors (Lipinski definition) is 4. The number of allylic oxidation sites excluding steroid dienone is 3. The molecule has 5 nitrogen and oxygen atoms in total. The Kier molecular flexibility index (Phi) is 3.48. The lowest BCUT2D eigenvalue weighted by Crippen LogP contribution is -2.14. The molecule has 0 amide bonds. The number of nitriles is 1. The average Bonchev–Trinajstić information content (AvgIpc) is 2.41. The molecule has 0 radical (unpaired) electrons. The van der Waals surface area contributed by atoms with Crippen LogP contribution in [0.1, 0.15) is 12.0 Å². The van der Waals surface area contributed by atoms with Gasteiger partial charge in [0.1, 0.15) is 11.5 Å². The fourth-order valence-corrected chi connectivity index (χ4v) is 1.60. The van der Waals surface area contributed by atoms with Gasteiger partial charge >= 0.3 is 0 Å². The van der Waals surface area contributed by atoms with E-state index >= 15 is 0 Å². The molecule has 0 aliphatic heterocycles. The molecule has 0 spiro atoms. The van der Waals surface area contributed by atoms with Crippen LogP contribution >= 0.6 is 0 Å². The third kappa shape index (κ3) is 3.17. The monoisotopic (exact) mass is 278 g/mol. The number of nitrogens with zero attached hydrogens (tertiary/aromatic N) is 2. The standard InChI is InChI=1S/C13H8F2N2O3/c14-13(15)3-1-11(2-4-13)20-12-6-9(8-16)5-10(7-12)17(18)19/h1-3,5-7H,4H2. The number of rotatable bonds is 3. The summed E-state index contributed by atoms with van der Waals surface area (Å²) in [6, 6.07) is 5.30. The zero-order chi connectivity index (χ0) is 14.8. The van der Waals surface area contributed by atoms with Gasteiger partial charge in [0.2, 0.25) is 0 Å². The molecule has 7 heteroatoms. The maximum Gasteiger partial charge on any atom is 0.274 e. The van der Waals surface area contributed by atoms with E-state index in [9.17, 15) is 18.9 Å². The number of nitro groups is 1. The third-order valence-corrected chi connectivity index (χ3v) is 2.53. The van der Waals surface area contributed by atoms with Crippen molar-refractivity contribution < 1.29 is 18.4 Å². The van der Waals surface area contributed by atoms with E-state index in [1.165, 1.54) is 12.1 Å². The summed E-state index contributed by atoms with van der Waals surface area (Å²) in [4.78, 5) is 10.1. The zero-order valence-electron chi connectivity index (χ0n) is 10.0. The lowest BCUT2D eigenvalue weighted by Gasteiger charge is -2.15. The molecule has 0 unspecified atom stereocenters. The number of halogens is 2. The fourth-order valence-electron chi connectivity index (χ4n) is 1.60. The highest BCUT2D eigenvalue weighted by molar-refractivity contribution is 5.48. The number of benzene rings is 1. The van der Waals surface area contributed by atoms with E-state index in [0.717, 1.165) is 18.2 Å². The van der Waals surface area contributed by atoms with E-state index in [0.29, 0.717) is 6.08 Å². The van der Waals surface area contributed by atoms with Gasteiger partial charge in [-0.15, -0.1) is 0 Å². The lowest BCUT2D eigenvalue weighted by atomic mass is 10.1. The predicted octanol–water partition coefficient (Wildman–Crippen LogP) is 3.32. The third-order valence-electron chi connectivity index (χ3n) is 2.53. The Morgan fingerprint density at radius 2 is 2.15 bits per heavy atom. The molecule has 0 saturated carbocycles. The fraction of sp³-hybridized carbons (Fsp3) is 0.154. The van der Waals surface area contributed by atoms with Crippen LogP contribution in [0.3, 0.4) is 0 Å². The minimum atomic E-state index is -2.91. The molecule has 0 atom stereocenters. The van der Waals surface area contributed by atoms with Crippen LogP contribution < -0.4 is 4.74 Å². The van der Waals surface area contributed by atoms with Crippen molar-refractivity contribution in [2.24, 2.45) is 0 Å². The first-order valence-corrected chi connectivity index (χ1v) is 5.54. The lowest BCUT2D eigenvalue weighted by molar-refractivity contribution is -0.384. The van der Waals surface area contributed by atoms with Crippen molar-refractivity contribution in [1.82, 2.24) is 0 Å². The Morgan fingerprint density at radius 1 is 1.40 bits per heavy atom. The molecule has 0 N–H and O–H groups in total. The van der Waals surface area contributed by atoms with E-state index in [1.807, 2.05) is 0 Å². The van der Waals surface area contributed by atoms with E-state index in [-0.39, 0.29) is 22.8 Å². The van der Waals surface area contributed by atoms with Crippen LogP contribution in [0.25, 0.3) is 0 Å². The Labute approximate surface area is 112 Å². The van der Waals surface area contributed by atoms with Gasteiger partial charge in [0.05, 0.1) is 22.6 Å². The van der Waals surface area contributed by atoms with Crippen LogP contribution in [-0.2, 0) is 0 Å². The molecule has 2 rings (SSSR count). The Bertz CT molecular complexity index is 660. The summed E-state index contributed by atoms with van der Waals surface area (Å²) in [5.41, 5.74) is -0.246. The number of ether oxygens (including phenoxy) is 1. The molecule has 0 aromatic heterocycles. The molecule has 1 aliphatic rings. The van der Waals surface area contributed by atoms with Gasteiger partial charge in [0.15, 0.2) is 0 Å². The van der Waals surface area contributed by atoms with Crippen LogP contribution in [0.5, 0.6) is 5.75 Å². The topological polar surface area (TPSA) is 76.2 Å². The van der Waals surface area contributed by atoms with Crippen molar-refractivity contribution in [1.29, 1.82) is 5.26 Å². The van der Waals surface area contributed by atoms with Crippen molar-refractivity contribution in [3.05, 3.63) is 57.9 Å². The first-order valence-electron chi connectivity index (χ1n) is 5.54. The number of hydrogen-bond donors (Lipinski definition) is 0. The smallest absolute Gasteiger partial charge is 0.274 e. The van der Waals surface area contributed by atoms with Gasteiger partial charge < -0.3 is 4.74 Å². The molecule has 1 aromatic carbocycles. The summed E-state index contributed by atoms with van der Waals surface area (Å²) in [6.45, 7) is 0. The molecule has 20 heavy (non-hydrogen) atoms. The predicted molar refractivity (Wildman–Crippen MR) is 65.2 cm³/mol. The molecular formula is C13H8F2N2O3. The van der Waals surface area contributed by atoms with Crippen molar-refractivity contribution in [3.8, 4) is 11.8 Å². The van der Waals surface area contributed by atoms with Crippen molar-refractivity contribution in [2.45, 2.75) is 12.3 Å². The van der Waals surface area contributed by atoms with Crippen LogP contribution in [-0.4, -0.2) is 10.8 Å². The normalized spacial score (nSPS) is 16.1. The van der Waals surface area contributed by atoms with Gasteiger partial charge in [0, 0.05) is 12.5 Å². The minimum absolute atomic E-state index is 0.0527. The summed E-state index contributed by atoms with van der Waals surface area (Å²) < 4.78 is 31.0. The average molecular weight is 278 g/mol. The molecule has 1 aliphatic carbocycles. The van der Waals surface area contributed by atoms with Crippen molar-refractivity contribution >= 4 is 5.69 Å².